The van der Waals surface area contributed by atoms with Gasteiger partial charge in [-0.05, 0) is 109 Å². The van der Waals surface area contributed by atoms with Crippen LogP contribution in [0.2, 0.25) is 0 Å². The highest BCUT2D eigenvalue weighted by Crippen LogP contribution is 2.63. The minimum absolute atomic E-state index is 0.402. The van der Waals surface area contributed by atoms with Crippen molar-refractivity contribution >= 4 is 16.3 Å². The van der Waals surface area contributed by atoms with Gasteiger partial charge in [0.05, 0.1) is 16.8 Å². The quantitative estimate of drug-likeness (QED) is 0.176. The standard InChI is InChI=1S/C56H37N3/c1-2-17-43-36(12-1)13-10-21-44(43)37-25-27-38(28-26-37)53-34-54(40-15-9-14-39(32-40)42-16-11-31-57-35-42)59-55(58-53)41-29-30-48-47-20-5-8-24-51(47)56(52(48)33-41)49-22-6-3-18-45(49)46-19-4-7-23-50(46)56/h1-3,5-18,20-35H,4,19H2. The van der Waals surface area contributed by atoms with Gasteiger partial charge in [0.15, 0.2) is 5.82 Å². The minimum Gasteiger partial charge on any atom is -0.264 e. The smallest absolute Gasteiger partial charge is 0.160 e. The Morgan fingerprint density at radius 2 is 1.10 bits per heavy atom. The number of allylic oxidation sites excluding steroid dienone is 4. The molecular weight excluding hydrogens is 715 g/mol. The van der Waals surface area contributed by atoms with Crippen LogP contribution < -0.4 is 0 Å². The fourth-order valence-electron chi connectivity index (χ4n) is 10.1. The molecule has 3 nitrogen and oxygen atoms in total. The topological polar surface area (TPSA) is 38.7 Å². The molecule has 276 valence electrons. The highest BCUT2D eigenvalue weighted by Gasteiger charge is 2.52. The summed E-state index contributed by atoms with van der Waals surface area (Å²) >= 11 is 0. The molecule has 0 amide bonds. The number of fused-ring (bicyclic) bond motifs is 10. The second-order valence-corrected chi connectivity index (χ2v) is 15.8. The first-order valence-electron chi connectivity index (χ1n) is 20.5. The second kappa shape index (κ2) is 13.3. The van der Waals surface area contributed by atoms with Gasteiger partial charge in [-0.1, -0.05) is 164 Å². The van der Waals surface area contributed by atoms with Crippen molar-refractivity contribution in [2.45, 2.75) is 18.3 Å². The van der Waals surface area contributed by atoms with Crippen molar-refractivity contribution in [2.24, 2.45) is 0 Å². The van der Waals surface area contributed by atoms with Crippen LogP contribution in [0.5, 0.6) is 0 Å². The number of rotatable bonds is 5. The van der Waals surface area contributed by atoms with E-state index in [0.717, 1.165) is 52.0 Å². The van der Waals surface area contributed by atoms with Crippen LogP contribution in [-0.2, 0) is 5.41 Å². The van der Waals surface area contributed by atoms with Crippen LogP contribution >= 0.6 is 0 Å². The Bertz CT molecular complexity index is 3210. The first-order chi connectivity index (χ1) is 29.2. The molecule has 0 N–H and O–H groups in total. The van der Waals surface area contributed by atoms with E-state index in [-0.39, 0.29) is 0 Å². The van der Waals surface area contributed by atoms with Crippen LogP contribution in [0.25, 0.3) is 83.6 Å². The van der Waals surface area contributed by atoms with E-state index in [9.17, 15) is 0 Å². The number of pyridine rings is 1. The summed E-state index contributed by atoms with van der Waals surface area (Å²) < 4.78 is 0. The van der Waals surface area contributed by atoms with Gasteiger partial charge >= 0.3 is 0 Å². The van der Waals surface area contributed by atoms with Crippen LogP contribution in [0.15, 0.2) is 206 Å². The second-order valence-electron chi connectivity index (χ2n) is 15.8. The SMILES string of the molecule is C1=CC2=C(CC1)c1ccccc1C21c2ccccc2-c2ccc(-c3nc(-c4ccc(-c5cccc6ccccc56)cc4)cc(-c4cccc(-c5cccnc5)c4)n3)cc21. The predicted molar refractivity (Wildman–Crippen MR) is 242 cm³/mol. The van der Waals surface area contributed by atoms with Gasteiger partial charge in [-0.2, -0.15) is 0 Å². The Hall–Kier alpha value is -7.49. The zero-order valence-electron chi connectivity index (χ0n) is 32.3. The summed E-state index contributed by atoms with van der Waals surface area (Å²) in [6.07, 6.45) is 10.6. The molecule has 2 aromatic heterocycles. The van der Waals surface area contributed by atoms with E-state index in [1.807, 2.05) is 18.5 Å². The van der Waals surface area contributed by atoms with Crippen molar-refractivity contribution in [1.29, 1.82) is 0 Å². The number of aromatic nitrogens is 3. The highest BCUT2D eigenvalue weighted by molar-refractivity contribution is 5.98. The van der Waals surface area contributed by atoms with Crippen molar-refractivity contribution in [1.82, 2.24) is 15.0 Å². The Kier molecular flexibility index (Phi) is 7.58. The Balaban J connectivity index is 1.05. The van der Waals surface area contributed by atoms with Gasteiger partial charge in [-0.25, -0.2) is 9.97 Å². The Morgan fingerprint density at radius 3 is 1.97 bits per heavy atom. The van der Waals surface area contributed by atoms with Gasteiger partial charge in [-0.15, -0.1) is 0 Å². The van der Waals surface area contributed by atoms with Crippen LogP contribution in [-0.4, -0.2) is 15.0 Å². The molecule has 0 radical (unpaired) electrons. The lowest BCUT2D eigenvalue weighted by Crippen LogP contribution is -2.27. The van der Waals surface area contributed by atoms with Crippen LogP contribution in [0.1, 0.15) is 35.1 Å². The zero-order valence-corrected chi connectivity index (χ0v) is 32.3. The lowest BCUT2D eigenvalue weighted by molar-refractivity contribution is 0.780. The van der Waals surface area contributed by atoms with Crippen molar-refractivity contribution in [3.63, 3.8) is 0 Å². The van der Waals surface area contributed by atoms with E-state index in [0.29, 0.717) is 5.82 Å². The molecule has 2 heterocycles. The molecule has 9 aromatic rings. The fourth-order valence-corrected chi connectivity index (χ4v) is 10.1. The summed E-state index contributed by atoms with van der Waals surface area (Å²) in [6.45, 7) is 0. The number of hydrogen-bond donors (Lipinski definition) is 0. The first-order valence-corrected chi connectivity index (χ1v) is 20.5. The summed E-state index contributed by atoms with van der Waals surface area (Å²) in [5, 5.41) is 2.48. The van der Waals surface area contributed by atoms with E-state index in [2.05, 4.69) is 187 Å². The van der Waals surface area contributed by atoms with Crippen molar-refractivity contribution in [2.75, 3.05) is 0 Å². The third kappa shape index (κ3) is 5.18. The van der Waals surface area contributed by atoms with Crippen molar-refractivity contribution in [3.05, 3.63) is 228 Å². The maximum absolute atomic E-state index is 5.40. The molecule has 1 unspecified atom stereocenters. The van der Waals surface area contributed by atoms with E-state index < -0.39 is 5.41 Å². The average molecular weight is 752 g/mol. The molecule has 0 bridgehead atoms. The number of nitrogens with zero attached hydrogens (tertiary/aromatic N) is 3. The molecule has 12 rings (SSSR count). The van der Waals surface area contributed by atoms with Gasteiger partial charge in [0, 0.05) is 34.6 Å². The average Bonchev–Trinajstić information content (AvgIpc) is 3.79. The lowest BCUT2D eigenvalue weighted by Gasteiger charge is -2.32. The highest BCUT2D eigenvalue weighted by atomic mass is 14.9. The molecule has 0 fully saturated rings. The molecule has 3 heteroatoms. The molecule has 1 atom stereocenters. The van der Waals surface area contributed by atoms with Crippen molar-refractivity contribution in [3.8, 4) is 67.3 Å². The van der Waals surface area contributed by atoms with Gasteiger partial charge in [-0.3, -0.25) is 4.98 Å². The van der Waals surface area contributed by atoms with Gasteiger partial charge in [0.1, 0.15) is 0 Å². The zero-order chi connectivity index (χ0) is 38.9. The Labute approximate surface area is 343 Å². The van der Waals surface area contributed by atoms with E-state index >= 15 is 0 Å². The van der Waals surface area contributed by atoms with E-state index in [4.69, 9.17) is 9.97 Å². The van der Waals surface area contributed by atoms with E-state index in [1.54, 1.807) is 0 Å². The van der Waals surface area contributed by atoms with Crippen LogP contribution in [0.3, 0.4) is 0 Å². The van der Waals surface area contributed by atoms with Crippen LogP contribution in [0, 0.1) is 0 Å². The summed E-state index contributed by atoms with van der Waals surface area (Å²) in [4.78, 5) is 15.2. The number of benzene rings is 7. The lowest BCUT2D eigenvalue weighted by atomic mass is 9.69. The molecule has 0 saturated heterocycles. The normalized spacial score (nSPS) is 15.9. The molecule has 3 aliphatic rings. The molecule has 0 saturated carbocycles. The third-order valence-electron chi connectivity index (χ3n) is 12.7. The first kappa shape index (κ1) is 33.6. The summed E-state index contributed by atoms with van der Waals surface area (Å²) in [6, 6.07) is 63.8. The fraction of sp³-hybridized carbons (Fsp3) is 0.0536. The summed E-state index contributed by atoms with van der Waals surface area (Å²) in [7, 11) is 0. The van der Waals surface area contributed by atoms with Crippen LogP contribution in [0.4, 0.5) is 0 Å². The monoisotopic (exact) mass is 751 g/mol. The molecule has 1 spiro atoms. The molecule has 3 aliphatic carbocycles. The molecule has 7 aromatic carbocycles. The molecule has 0 aliphatic heterocycles. The molecular formula is C56H37N3. The largest absolute Gasteiger partial charge is 0.264 e. The summed E-state index contributed by atoms with van der Waals surface area (Å²) in [5.74, 6) is 0.705. The maximum atomic E-state index is 5.40. The minimum atomic E-state index is -0.402. The Morgan fingerprint density at radius 1 is 0.441 bits per heavy atom. The maximum Gasteiger partial charge on any atom is 0.160 e. The predicted octanol–water partition coefficient (Wildman–Crippen LogP) is 13.8. The van der Waals surface area contributed by atoms with Crippen molar-refractivity contribution < 1.29 is 0 Å². The van der Waals surface area contributed by atoms with Gasteiger partial charge in [0.2, 0.25) is 0 Å². The van der Waals surface area contributed by atoms with Gasteiger partial charge in [0.25, 0.3) is 0 Å². The summed E-state index contributed by atoms with van der Waals surface area (Å²) in [5.41, 5.74) is 19.8. The molecule has 59 heavy (non-hydrogen) atoms. The van der Waals surface area contributed by atoms with Gasteiger partial charge < -0.3 is 0 Å². The third-order valence-corrected chi connectivity index (χ3v) is 12.7. The number of hydrogen-bond acceptors (Lipinski definition) is 3. The van der Waals surface area contributed by atoms with E-state index in [1.165, 1.54) is 66.4 Å².